The van der Waals surface area contributed by atoms with Crippen molar-refractivity contribution >= 4 is 17.9 Å². The fraction of sp³-hybridized carbons (Fsp3) is 0.823. The van der Waals surface area contributed by atoms with Gasteiger partial charge < -0.3 is 14.2 Å². The van der Waals surface area contributed by atoms with Crippen LogP contribution >= 0.6 is 0 Å². The highest BCUT2D eigenvalue weighted by Crippen LogP contribution is 2.16. The Balaban J connectivity index is 4.41. The normalized spacial score (nSPS) is 12.3. The third kappa shape index (κ3) is 54.3. The summed E-state index contributed by atoms with van der Waals surface area (Å²) in [6, 6.07) is 0. The van der Waals surface area contributed by atoms with Crippen molar-refractivity contribution in [1.82, 2.24) is 0 Å². The van der Waals surface area contributed by atoms with E-state index in [1.807, 2.05) is 0 Å². The van der Waals surface area contributed by atoms with E-state index in [9.17, 15) is 14.4 Å². The summed E-state index contributed by atoms with van der Waals surface area (Å²) in [7, 11) is 0. The standard InChI is InChI=1S/C62H112O6/c1-4-7-10-13-16-19-22-25-28-30-31-33-34-37-40-43-46-49-52-55-61(64)67-58-59(57-66-60(63)54-51-48-45-42-39-36-27-24-21-18-15-12-9-6-3)68-62(65)56-53-50-47-44-41-38-35-32-29-26-23-20-17-14-11-8-5-2/h26,29,35-36,38-39,44,47,59H,4-25,27-28,30-34,37,40-43,45-46,48-58H2,1-3H3/b29-26-,38-35-,39-36-,47-44-. The van der Waals surface area contributed by atoms with Crippen molar-refractivity contribution in [3.05, 3.63) is 48.6 Å². The first-order chi connectivity index (χ1) is 33.5. The number of esters is 3. The fourth-order valence-corrected chi connectivity index (χ4v) is 8.57. The molecule has 0 rings (SSSR count). The van der Waals surface area contributed by atoms with E-state index >= 15 is 0 Å². The molecule has 0 N–H and O–H groups in total. The molecule has 0 radical (unpaired) electrons. The van der Waals surface area contributed by atoms with Gasteiger partial charge in [-0.1, -0.05) is 262 Å². The fourth-order valence-electron chi connectivity index (χ4n) is 8.57. The number of allylic oxidation sites excluding steroid dienone is 8. The zero-order valence-corrected chi connectivity index (χ0v) is 45.4. The molecule has 68 heavy (non-hydrogen) atoms. The van der Waals surface area contributed by atoms with Crippen molar-refractivity contribution in [2.45, 2.75) is 316 Å². The molecular weight excluding hydrogens is 841 g/mol. The topological polar surface area (TPSA) is 78.9 Å². The SMILES string of the molecule is CCCCCCCC/C=C\C/C=C\C/C=C\CCCC(=O)OC(COC(=O)CCCCC/C=C\CCCCCCCCC)COC(=O)CCCCCCCCCCCCCCCCCCCCC. The average Bonchev–Trinajstić information content (AvgIpc) is 3.34. The van der Waals surface area contributed by atoms with E-state index in [1.54, 1.807) is 0 Å². The smallest absolute Gasteiger partial charge is 0.306 e. The molecule has 0 aliphatic rings. The number of rotatable bonds is 54. The maximum atomic E-state index is 12.8. The lowest BCUT2D eigenvalue weighted by molar-refractivity contribution is -0.167. The summed E-state index contributed by atoms with van der Waals surface area (Å²) in [6.45, 7) is 6.61. The lowest BCUT2D eigenvalue weighted by Crippen LogP contribution is -2.30. The van der Waals surface area contributed by atoms with Crippen LogP contribution in [0.2, 0.25) is 0 Å². The van der Waals surface area contributed by atoms with Crippen LogP contribution in [0.5, 0.6) is 0 Å². The average molecular weight is 954 g/mol. The van der Waals surface area contributed by atoms with E-state index in [-0.39, 0.29) is 37.5 Å². The first-order valence-electron chi connectivity index (χ1n) is 29.6. The van der Waals surface area contributed by atoms with Gasteiger partial charge in [-0.15, -0.1) is 0 Å². The van der Waals surface area contributed by atoms with Crippen molar-refractivity contribution in [3.63, 3.8) is 0 Å². The Bertz CT molecular complexity index is 1190. The summed E-state index contributed by atoms with van der Waals surface area (Å²) < 4.78 is 16.8. The predicted octanol–water partition coefficient (Wildman–Crippen LogP) is 19.8. The molecular formula is C62H112O6. The van der Waals surface area contributed by atoms with Crippen molar-refractivity contribution in [1.29, 1.82) is 0 Å². The van der Waals surface area contributed by atoms with Crippen LogP contribution in [-0.2, 0) is 28.6 Å². The summed E-state index contributed by atoms with van der Waals surface area (Å²) in [5.74, 6) is -0.949. The summed E-state index contributed by atoms with van der Waals surface area (Å²) in [4.78, 5) is 38.1. The highest BCUT2D eigenvalue weighted by atomic mass is 16.6. The van der Waals surface area contributed by atoms with Crippen LogP contribution in [0.4, 0.5) is 0 Å². The second-order valence-corrected chi connectivity index (χ2v) is 19.9. The lowest BCUT2D eigenvalue weighted by Gasteiger charge is -2.18. The van der Waals surface area contributed by atoms with E-state index in [0.717, 1.165) is 70.6 Å². The van der Waals surface area contributed by atoms with Gasteiger partial charge in [0.25, 0.3) is 0 Å². The van der Waals surface area contributed by atoms with Crippen molar-refractivity contribution in [3.8, 4) is 0 Å². The van der Waals surface area contributed by atoms with Gasteiger partial charge in [-0.25, -0.2) is 0 Å². The van der Waals surface area contributed by atoms with Gasteiger partial charge in [-0.3, -0.25) is 14.4 Å². The van der Waals surface area contributed by atoms with Gasteiger partial charge in [-0.2, -0.15) is 0 Å². The highest BCUT2D eigenvalue weighted by molar-refractivity contribution is 5.71. The molecule has 0 saturated heterocycles. The molecule has 0 aromatic heterocycles. The quantitative estimate of drug-likeness (QED) is 0.0262. The van der Waals surface area contributed by atoms with Gasteiger partial charge in [0.15, 0.2) is 6.10 Å². The minimum Gasteiger partial charge on any atom is -0.462 e. The minimum atomic E-state index is -0.803. The molecule has 6 heteroatoms. The molecule has 0 saturated carbocycles. The Hall–Kier alpha value is -2.63. The molecule has 0 spiro atoms. The van der Waals surface area contributed by atoms with Crippen LogP contribution in [0.3, 0.4) is 0 Å². The molecule has 0 aliphatic carbocycles. The number of ether oxygens (including phenoxy) is 3. The largest absolute Gasteiger partial charge is 0.462 e. The Labute approximate surface area is 422 Å². The zero-order chi connectivity index (χ0) is 49.3. The number of carbonyl (C=O) groups excluding carboxylic acids is 3. The molecule has 1 unspecified atom stereocenters. The highest BCUT2D eigenvalue weighted by Gasteiger charge is 2.19. The van der Waals surface area contributed by atoms with Gasteiger partial charge >= 0.3 is 17.9 Å². The molecule has 0 aromatic carbocycles. The van der Waals surface area contributed by atoms with E-state index in [2.05, 4.69) is 69.4 Å². The van der Waals surface area contributed by atoms with Crippen LogP contribution in [0.15, 0.2) is 48.6 Å². The molecule has 0 bridgehead atoms. The first-order valence-corrected chi connectivity index (χ1v) is 29.6. The van der Waals surface area contributed by atoms with Gasteiger partial charge in [0.05, 0.1) is 0 Å². The van der Waals surface area contributed by atoms with Crippen LogP contribution in [-0.4, -0.2) is 37.2 Å². The molecule has 0 amide bonds. The van der Waals surface area contributed by atoms with Crippen LogP contribution in [0, 0.1) is 0 Å². The van der Waals surface area contributed by atoms with Gasteiger partial charge in [-0.05, 0) is 77.0 Å². The van der Waals surface area contributed by atoms with E-state index in [0.29, 0.717) is 19.3 Å². The van der Waals surface area contributed by atoms with Gasteiger partial charge in [0.2, 0.25) is 0 Å². The summed E-state index contributed by atoms with van der Waals surface area (Å²) >= 11 is 0. The maximum Gasteiger partial charge on any atom is 0.306 e. The Morgan fingerprint density at radius 3 is 0.897 bits per heavy atom. The van der Waals surface area contributed by atoms with E-state index < -0.39 is 6.10 Å². The molecule has 6 nitrogen and oxygen atoms in total. The number of hydrogen-bond acceptors (Lipinski definition) is 6. The second kappa shape index (κ2) is 57.0. The third-order valence-electron chi connectivity index (χ3n) is 13.1. The molecule has 1 atom stereocenters. The van der Waals surface area contributed by atoms with Gasteiger partial charge in [0, 0.05) is 19.3 Å². The first kappa shape index (κ1) is 65.4. The predicted molar refractivity (Wildman–Crippen MR) is 293 cm³/mol. The van der Waals surface area contributed by atoms with Gasteiger partial charge in [0.1, 0.15) is 13.2 Å². The zero-order valence-electron chi connectivity index (χ0n) is 45.4. The lowest BCUT2D eigenvalue weighted by atomic mass is 10.0. The van der Waals surface area contributed by atoms with Crippen molar-refractivity contribution < 1.29 is 28.6 Å². The van der Waals surface area contributed by atoms with Crippen LogP contribution in [0.25, 0.3) is 0 Å². The Morgan fingerprint density at radius 2 is 0.544 bits per heavy atom. The Morgan fingerprint density at radius 1 is 0.294 bits per heavy atom. The van der Waals surface area contributed by atoms with Crippen molar-refractivity contribution in [2.24, 2.45) is 0 Å². The molecule has 0 aromatic rings. The summed E-state index contributed by atoms with van der Waals surface area (Å²) in [6.07, 6.45) is 69.7. The van der Waals surface area contributed by atoms with Crippen LogP contribution in [0.1, 0.15) is 310 Å². The molecule has 0 aliphatic heterocycles. The summed E-state index contributed by atoms with van der Waals surface area (Å²) in [5, 5.41) is 0. The summed E-state index contributed by atoms with van der Waals surface area (Å²) in [5.41, 5.74) is 0. The molecule has 396 valence electrons. The number of unbranched alkanes of at least 4 members (excludes halogenated alkanes) is 35. The molecule has 0 fully saturated rings. The van der Waals surface area contributed by atoms with E-state index in [4.69, 9.17) is 14.2 Å². The third-order valence-corrected chi connectivity index (χ3v) is 13.1. The minimum absolute atomic E-state index is 0.0946. The second-order valence-electron chi connectivity index (χ2n) is 19.9. The monoisotopic (exact) mass is 953 g/mol. The molecule has 0 heterocycles. The van der Waals surface area contributed by atoms with Crippen LogP contribution < -0.4 is 0 Å². The number of carbonyl (C=O) groups is 3. The maximum absolute atomic E-state index is 12.8. The van der Waals surface area contributed by atoms with Crippen molar-refractivity contribution in [2.75, 3.05) is 13.2 Å². The Kier molecular flexibility index (Phi) is 54.8. The van der Waals surface area contributed by atoms with E-state index in [1.165, 1.54) is 193 Å². The number of hydrogen-bond donors (Lipinski definition) is 0.